The zero-order valence-corrected chi connectivity index (χ0v) is 21.7. The predicted octanol–water partition coefficient (Wildman–Crippen LogP) is 4.27. The summed E-state index contributed by atoms with van der Waals surface area (Å²) in [4.78, 5) is 27.8. The molecule has 1 aromatic heterocycles. The van der Waals surface area contributed by atoms with Crippen molar-refractivity contribution in [3.63, 3.8) is 0 Å². The maximum absolute atomic E-state index is 13.6. The number of ketones is 1. The van der Waals surface area contributed by atoms with Gasteiger partial charge in [-0.2, -0.15) is 0 Å². The lowest BCUT2D eigenvalue weighted by atomic mass is 9.81. The fourth-order valence-corrected chi connectivity index (χ4v) is 5.84. The lowest BCUT2D eigenvalue weighted by Crippen LogP contribution is -2.33. The zero-order valence-electron chi connectivity index (χ0n) is 21.7. The number of aryl methyl sites for hydroxylation is 2. The first kappa shape index (κ1) is 24.2. The summed E-state index contributed by atoms with van der Waals surface area (Å²) in [6, 6.07) is 6.67. The van der Waals surface area contributed by atoms with E-state index in [0.29, 0.717) is 37.6 Å². The van der Waals surface area contributed by atoms with Gasteiger partial charge in [0.1, 0.15) is 17.4 Å². The number of ether oxygens (including phenoxy) is 1. The van der Waals surface area contributed by atoms with Gasteiger partial charge in [0.25, 0.3) is 0 Å². The Morgan fingerprint density at radius 1 is 1.09 bits per heavy atom. The Bertz CT molecular complexity index is 1110. The summed E-state index contributed by atoms with van der Waals surface area (Å²) in [6.45, 7) is 10.9. The van der Waals surface area contributed by atoms with Gasteiger partial charge in [0.2, 0.25) is 5.91 Å². The van der Waals surface area contributed by atoms with Gasteiger partial charge in [0, 0.05) is 50.2 Å². The Balaban J connectivity index is 1.40. The third-order valence-corrected chi connectivity index (χ3v) is 7.96. The second-order valence-corrected chi connectivity index (χ2v) is 11.2. The summed E-state index contributed by atoms with van der Waals surface area (Å²) in [6.07, 6.45) is 5.12. The van der Waals surface area contributed by atoms with E-state index in [4.69, 9.17) is 9.84 Å². The molecule has 35 heavy (non-hydrogen) atoms. The smallest absolute Gasteiger partial charge is 0.219 e. The Hall–Kier alpha value is -2.54. The molecule has 1 aromatic carbocycles. The van der Waals surface area contributed by atoms with Crippen LogP contribution in [-0.2, 0) is 20.7 Å². The number of carbonyl (C=O) groups excluding carboxylic acids is 2. The molecular weight excluding hydrogens is 440 g/mol. The largest absolute Gasteiger partial charge is 0.376 e. The minimum absolute atomic E-state index is 0.0159. The maximum atomic E-state index is 13.6. The third-order valence-electron chi connectivity index (χ3n) is 7.96. The van der Waals surface area contributed by atoms with Gasteiger partial charge < -0.3 is 14.2 Å². The number of hydrogen-bond donors (Lipinski definition) is 0. The number of amides is 1. The zero-order chi connectivity index (χ0) is 24.9. The topological polar surface area (TPSA) is 77.3 Å². The first-order valence-electron chi connectivity index (χ1n) is 13.2. The number of likely N-dealkylation sites (tertiary alicyclic amines) is 1. The summed E-state index contributed by atoms with van der Waals surface area (Å²) in [7, 11) is 0. The van der Waals surface area contributed by atoms with Crippen molar-refractivity contribution in [3.8, 4) is 0 Å². The van der Waals surface area contributed by atoms with Crippen LogP contribution in [-0.4, -0.2) is 56.7 Å². The molecule has 0 spiro atoms. The van der Waals surface area contributed by atoms with E-state index in [1.165, 1.54) is 5.56 Å². The van der Waals surface area contributed by atoms with Crippen molar-refractivity contribution in [3.05, 3.63) is 46.5 Å². The summed E-state index contributed by atoms with van der Waals surface area (Å²) in [5.41, 5.74) is 3.40. The summed E-state index contributed by atoms with van der Waals surface area (Å²) in [5.74, 6) is 2.14. The number of hydrogen-bond acceptors (Lipinski definition) is 5. The van der Waals surface area contributed by atoms with Crippen LogP contribution in [0, 0.1) is 19.8 Å². The van der Waals surface area contributed by atoms with Crippen LogP contribution in [0.4, 0.5) is 0 Å². The van der Waals surface area contributed by atoms with Crippen molar-refractivity contribution in [2.45, 2.75) is 96.8 Å². The monoisotopic (exact) mass is 478 g/mol. The molecule has 2 aliphatic carbocycles. The van der Waals surface area contributed by atoms with Crippen LogP contribution in [0.15, 0.2) is 18.2 Å². The highest BCUT2D eigenvalue weighted by atomic mass is 16.5. The molecule has 2 heterocycles. The number of aromatic nitrogens is 3. The van der Waals surface area contributed by atoms with Crippen LogP contribution < -0.4 is 0 Å². The van der Waals surface area contributed by atoms with E-state index in [-0.39, 0.29) is 29.6 Å². The Morgan fingerprint density at radius 2 is 1.80 bits per heavy atom. The predicted molar refractivity (Wildman–Crippen MR) is 133 cm³/mol. The van der Waals surface area contributed by atoms with Crippen LogP contribution in [0.3, 0.4) is 0 Å². The lowest BCUT2D eigenvalue weighted by Gasteiger charge is -2.36. The van der Waals surface area contributed by atoms with Gasteiger partial charge in [0.05, 0.1) is 12.2 Å². The highest BCUT2D eigenvalue weighted by Gasteiger charge is 2.45. The molecule has 0 unspecified atom stereocenters. The molecule has 1 saturated heterocycles. The summed E-state index contributed by atoms with van der Waals surface area (Å²) < 4.78 is 8.31. The Labute approximate surface area is 208 Å². The Morgan fingerprint density at radius 3 is 2.43 bits per heavy atom. The molecule has 3 fully saturated rings. The van der Waals surface area contributed by atoms with Gasteiger partial charge in [-0.15, -0.1) is 10.2 Å². The molecule has 2 atom stereocenters. The molecule has 1 amide bonds. The molecule has 7 nitrogen and oxygen atoms in total. The number of benzene rings is 1. The highest BCUT2D eigenvalue weighted by molar-refractivity contribution is 5.86. The normalized spacial score (nSPS) is 26.3. The fraction of sp³-hybridized carbons (Fsp3) is 0.643. The minimum Gasteiger partial charge on any atom is -0.376 e. The van der Waals surface area contributed by atoms with E-state index in [2.05, 4.69) is 55.6 Å². The van der Waals surface area contributed by atoms with Crippen LogP contribution >= 0.6 is 0 Å². The maximum Gasteiger partial charge on any atom is 0.219 e. The van der Waals surface area contributed by atoms with E-state index in [1.54, 1.807) is 6.92 Å². The SMILES string of the molecule is CC(=O)N1C[C@@H](C(=O)Cc2ccc(C)cc2C)[C@H](c2nnc(C3CC(OC(C)C)C3)n2C2CC2)C1. The van der Waals surface area contributed by atoms with E-state index >= 15 is 0 Å². The van der Waals surface area contributed by atoms with Crippen molar-refractivity contribution in [2.75, 3.05) is 13.1 Å². The quantitative estimate of drug-likeness (QED) is 0.566. The molecule has 5 rings (SSSR count). The van der Waals surface area contributed by atoms with Gasteiger partial charge in [-0.05, 0) is 64.5 Å². The molecule has 0 N–H and O–H groups in total. The number of carbonyl (C=O) groups is 2. The minimum atomic E-state index is -0.257. The molecule has 7 heteroatoms. The van der Waals surface area contributed by atoms with E-state index in [9.17, 15) is 9.59 Å². The van der Waals surface area contributed by atoms with Crippen molar-refractivity contribution >= 4 is 11.7 Å². The molecule has 1 aliphatic heterocycles. The Kier molecular flexibility index (Phi) is 6.55. The van der Waals surface area contributed by atoms with Crippen LogP contribution in [0.25, 0.3) is 0 Å². The van der Waals surface area contributed by atoms with Crippen LogP contribution in [0.1, 0.15) is 92.7 Å². The summed E-state index contributed by atoms with van der Waals surface area (Å²) >= 11 is 0. The third kappa shape index (κ3) is 4.92. The van der Waals surface area contributed by atoms with E-state index in [1.807, 2.05) is 4.90 Å². The van der Waals surface area contributed by atoms with Gasteiger partial charge in [-0.3, -0.25) is 9.59 Å². The van der Waals surface area contributed by atoms with Crippen molar-refractivity contribution < 1.29 is 14.3 Å². The van der Waals surface area contributed by atoms with E-state index < -0.39 is 0 Å². The average molecular weight is 479 g/mol. The molecule has 2 aromatic rings. The van der Waals surface area contributed by atoms with Crippen molar-refractivity contribution in [2.24, 2.45) is 5.92 Å². The first-order chi connectivity index (χ1) is 16.7. The first-order valence-corrected chi connectivity index (χ1v) is 13.2. The molecule has 3 aliphatic rings. The molecule has 0 bridgehead atoms. The molecule has 188 valence electrons. The number of Topliss-reactive ketones (excluding diaryl/α,β-unsaturated/α-hetero) is 1. The summed E-state index contributed by atoms with van der Waals surface area (Å²) in [5, 5.41) is 9.36. The second-order valence-electron chi connectivity index (χ2n) is 11.2. The molecule has 0 radical (unpaired) electrons. The van der Waals surface area contributed by atoms with Gasteiger partial charge in [-0.25, -0.2) is 0 Å². The van der Waals surface area contributed by atoms with E-state index in [0.717, 1.165) is 48.5 Å². The van der Waals surface area contributed by atoms with Crippen molar-refractivity contribution in [1.29, 1.82) is 0 Å². The number of nitrogens with zero attached hydrogens (tertiary/aromatic N) is 4. The van der Waals surface area contributed by atoms with Gasteiger partial charge >= 0.3 is 0 Å². The van der Waals surface area contributed by atoms with Crippen molar-refractivity contribution in [1.82, 2.24) is 19.7 Å². The number of rotatable bonds is 8. The van der Waals surface area contributed by atoms with Gasteiger partial charge in [0.15, 0.2) is 0 Å². The highest BCUT2D eigenvalue weighted by Crippen LogP contribution is 2.46. The van der Waals surface area contributed by atoms with Crippen LogP contribution in [0.5, 0.6) is 0 Å². The molecular formula is C28H38N4O3. The van der Waals surface area contributed by atoms with Crippen LogP contribution in [0.2, 0.25) is 0 Å². The second kappa shape index (κ2) is 9.49. The molecule has 2 saturated carbocycles. The fourth-order valence-electron chi connectivity index (χ4n) is 5.84. The standard InChI is InChI=1S/C28H38N4O3/c1-16(2)35-23-11-21(12-23)27-29-30-28(32(27)22-8-9-22)25-15-31(19(5)33)14-24(25)26(34)13-20-7-6-17(3)10-18(20)4/h6-7,10,16,21-25H,8-9,11-15H2,1-5H3/t21?,23?,24-,25-/m1/s1. The lowest BCUT2D eigenvalue weighted by molar-refractivity contribution is -0.128. The van der Waals surface area contributed by atoms with Gasteiger partial charge in [-0.1, -0.05) is 23.8 Å². The average Bonchev–Trinajstić information content (AvgIpc) is 3.35.